The van der Waals surface area contributed by atoms with E-state index in [0.29, 0.717) is 13.1 Å². The van der Waals surface area contributed by atoms with Gasteiger partial charge in [0.2, 0.25) is 0 Å². The Balaban J connectivity index is 0.00000180. The molecule has 1 N–H and O–H groups in total. The van der Waals surface area contributed by atoms with Crippen LogP contribution in [-0.4, -0.2) is 32.0 Å². The van der Waals surface area contributed by atoms with Crippen LogP contribution in [0.3, 0.4) is 0 Å². The highest BCUT2D eigenvalue weighted by Crippen LogP contribution is 2.02. The molecule has 0 bridgehead atoms. The fraction of sp³-hybridized carbons (Fsp3) is 0.286. The van der Waals surface area contributed by atoms with Gasteiger partial charge in [-0.15, -0.1) is 12.4 Å². The monoisotopic (exact) mass is 278 g/mol. The van der Waals surface area contributed by atoms with Gasteiger partial charge in [-0.3, -0.25) is 9.79 Å². The second-order valence-corrected chi connectivity index (χ2v) is 3.87. The number of benzene rings is 1. The molecule has 0 radical (unpaired) electrons. The molecule has 5 heteroatoms. The van der Waals surface area contributed by atoms with E-state index in [1.54, 1.807) is 6.34 Å². The van der Waals surface area contributed by atoms with E-state index in [2.05, 4.69) is 22.2 Å². The molecule has 19 heavy (non-hydrogen) atoms. The summed E-state index contributed by atoms with van der Waals surface area (Å²) in [5.74, 6) is 5.30. The van der Waals surface area contributed by atoms with Crippen molar-refractivity contribution in [3.63, 3.8) is 0 Å². The van der Waals surface area contributed by atoms with Gasteiger partial charge < -0.3 is 10.1 Å². The number of ether oxygens (including phenoxy) is 1. The summed E-state index contributed by atoms with van der Waals surface area (Å²) in [6.45, 7) is 1.18. The lowest BCUT2D eigenvalue weighted by Crippen LogP contribution is -2.35. The first kappa shape index (κ1) is 15.1. The average Bonchev–Trinajstić information content (AvgIpc) is 2.45. The van der Waals surface area contributed by atoms with Crippen molar-refractivity contribution >= 4 is 24.7 Å². The van der Waals surface area contributed by atoms with Crippen molar-refractivity contribution in [3.05, 3.63) is 35.9 Å². The first-order valence-electron chi connectivity index (χ1n) is 5.78. The van der Waals surface area contributed by atoms with E-state index < -0.39 is 0 Å². The van der Waals surface area contributed by atoms with E-state index in [-0.39, 0.29) is 30.9 Å². The smallest absolute Gasteiger partial charge is 0.313 e. The molecule has 4 nitrogen and oxygen atoms in total. The fourth-order valence-corrected chi connectivity index (χ4v) is 1.55. The molecule has 2 rings (SSSR count). The van der Waals surface area contributed by atoms with E-state index in [0.717, 1.165) is 5.56 Å². The number of hydrogen-bond acceptors (Lipinski definition) is 4. The van der Waals surface area contributed by atoms with Gasteiger partial charge in [0.1, 0.15) is 0 Å². The second kappa shape index (κ2) is 8.17. The molecule has 1 aliphatic heterocycles. The van der Waals surface area contributed by atoms with Crippen molar-refractivity contribution in [2.75, 3.05) is 19.7 Å². The summed E-state index contributed by atoms with van der Waals surface area (Å²) in [5.41, 5.74) is 0.914. The minimum atomic E-state index is -0.248. The molecule has 0 amide bonds. The summed E-state index contributed by atoms with van der Waals surface area (Å²) in [6, 6.07) is 9.59. The third-order valence-corrected chi connectivity index (χ3v) is 2.50. The van der Waals surface area contributed by atoms with E-state index >= 15 is 0 Å². The highest BCUT2D eigenvalue weighted by Gasteiger charge is 2.20. The lowest BCUT2D eigenvalue weighted by atomic mass is 10.1. The fourth-order valence-electron chi connectivity index (χ4n) is 1.55. The van der Waals surface area contributed by atoms with E-state index in [1.807, 2.05) is 30.3 Å². The predicted molar refractivity (Wildman–Crippen MR) is 76.4 cm³/mol. The van der Waals surface area contributed by atoms with Crippen LogP contribution in [0.2, 0.25) is 0 Å². The molecule has 0 fully saturated rings. The number of nitrogens with one attached hydrogen (secondary N) is 1. The van der Waals surface area contributed by atoms with Gasteiger partial charge >= 0.3 is 5.97 Å². The highest BCUT2D eigenvalue weighted by molar-refractivity contribution is 5.85. The van der Waals surface area contributed by atoms with Gasteiger partial charge in [0.25, 0.3) is 0 Å². The Kier molecular flexibility index (Phi) is 6.48. The summed E-state index contributed by atoms with van der Waals surface area (Å²) in [7, 11) is 0. The van der Waals surface area contributed by atoms with Gasteiger partial charge in [-0.1, -0.05) is 30.0 Å². The number of esters is 1. The van der Waals surface area contributed by atoms with Crippen LogP contribution in [0.15, 0.2) is 35.3 Å². The van der Waals surface area contributed by atoms with Crippen LogP contribution in [0.5, 0.6) is 0 Å². The molecule has 1 atom stereocenters. The zero-order chi connectivity index (χ0) is 12.6. The largest absolute Gasteiger partial charge is 0.452 e. The van der Waals surface area contributed by atoms with Gasteiger partial charge in [0.05, 0.1) is 18.8 Å². The maximum Gasteiger partial charge on any atom is 0.313 e. The number of rotatable bonds is 2. The van der Waals surface area contributed by atoms with Gasteiger partial charge in [-0.05, 0) is 12.1 Å². The molecule has 1 aromatic carbocycles. The highest BCUT2D eigenvalue weighted by atomic mass is 35.5. The normalized spacial score (nSPS) is 16.3. The Bertz CT molecular complexity index is 491. The Morgan fingerprint density at radius 2 is 2.21 bits per heavy atom. The van der Waals surface area contributed by atoms with Crippen molar-refractivity contribution in [1.29, 1.82) is 0 Å². The van der Waals surface area contributed by atoms with Crippen LogP contribution in [0.1, 0.15) is 5.56 Å². The minimum absolute atomic E-state index is 0. The Hall–Kier alpha value is -1.99. The molecule has 1 heterocycles. The number of carbonyl (C=O) groups is 1. The van der Waals surface area contributed by atoms with Crippen molar-refractivity contribution < 1.29 is 9.53 Å². The lowest BCUT2D eigenvalue weighted by Gasteiger charge is -2.15. The lowest BCUT2D eigenvalue weighted by molar-refractivity contribution is -0.146. The summed E-state index contributed by atoms with van der Waals surface area (Å²) < 4.78 is 5.08. The van der Waals surface area contributed by atoms with Crippen molar-refractivity contribution in [1.82, 2.24) is 5.32 Å². The third kappa shape index (κ3) is 5.02. The van der Waals surface area contributed by atoms with E-state index in [4.69, 9.17) is 4.74 Å². The number of aliphatic imine (C=N–C) groups is 1. The first-order valence-corrected chi connectivity index (χ1v) is 5.78. The molecule has 1 aliphatic rings. The molecule has 0 saturated heterocycles. The van der Waals surface area contributed by atoms with Crippen molar-refractivity contribution in [3.8, 4) is 11.8 Å². The van der Waals surface area contributed by atoms with Gasteiger partial charge in [0, 0.05) is 12.1 Å². The summed E-state index contributed by atoms with van der Waals surface area (Å²) in [5, 5.41) is 2.90. The number of hydrogen-bond donors (Lipinski definition) is 1. The number of halogens is 1. The van der Waals surface area contributed by atoms with Gasteiger partial charge in [0.15, 0.2) is 6.61 Å². The zero-order valence-corrected chi connectivity index (χ0v) is 11.2. The molecule has 0 aliphatic carbocycles. The summed E-state index contributed by atoms with van der Waals surface area (Å²) in [6.07, 6.45) is 1.61. The maximum absolute atomic E-state index is 11.6. The molecule has 1 aromatic rings. The molecular formula is C14H15ClN2O2. The van der Waals surface area contributed by atoms with Crippen molar-refractivity contribution in [2.24, 2.45) is 10.9 Å². The first-order chi connectivity index (χ1) is 8.86. The molecular weight excluding hydrogens is 264 g/mol. The molecule has 100 valence electrons. The minimum Gasteiger partial charge on any atom is -0.452 e. The van der Waals surface area contributed by atoms with Crippen LogP contribution in [0.25, 0.3) is 0 Å². The zero-order valence-electron chi connectivity index (χ0n) is 10.3. The number of nitrogens with zero attached hydrogens (tertiary/aromatic N) is 1. The average molecular weight is 279 g/mol. The van der Waals surface area contributed by atoms with Crippen molar-refractivity contribution in [2.45, 2.75) is 0 Å². The van der Waals surface area contributed by atoms with Crippen LogP contribution in [-0.2, 0) is 9.53 Å². The standard InChI is InChI=1S/C14H14N2O2.ClH/c17-14(13-9-15-11-16-10-13)18-8-4-7-12-5-2-1-3-6-12;/h1-3,5-6,11,13H,8-10H2,(H,15,16);1H. The molecule has 1 unspecified atom stereocenters. The van der Waals surface area contributed by atoms with Crippen LogP contribution in [0.4, 0.5) is 0 Å². The predicted octanol–water partition coefficient (Wildman–Crippen LogP) is 1.25. The van der Waals surface area contributed by atoms with Gasteiger partial charge in [-0.25, -0.2) is 0 Å². The maximum atomic E-state index is 11.6. The van der Waals surface area contributed by atoms with Crippen LogP contribution in [0, 0.1) is 17.8 Å². The molecule has 0 spiro atoms. The van der Waals surface area contributed by atoms with Crippen LogP contribution < -0.4 is 5.32 Å². The topological polar surface area (TPSA) is 50.7 Å². The molecule has 0 aromatic heterocycles. The Labute approximate surface area is 118 Å². The van der Waals surface area contributed by atoms with E-state index in [1.165, 1.54) is 0 Å². The Morgan fingerprint density at radius 3 is 2.89 bits per heavy atom. The quantitative estimate of drug-likeness (QED) is 0.654. The Morgan fingerprint density at radius 1 is 1.42 bits per heavy atom. The summed E-state index contributed by atoms with van der Waals surface area (Å²) >= 11 is 0. The number of carbonyl (C=O) groups excluding carboxylic acids is 1. The summed E-state index contributed by atoms with van der Waals surface area (Å²) in [4.78, 5) is 15.6. The van der Waals surface area contributed by atoms with Gasteiger partial charge in [-0.2, -0.15) is 0 Å². The molecule has 0 saturated carbocycles. The van der Waals surface area contributed by atoms with E-state index in [9.17, 15) is 4.79 Å². The van der Waals surface area contributed by atoms with Crippen LogP contribution >= 0.6 is 12.4 Å². The second-order valence-electron chi connectivity index (χ2n) is 3.87. The third-order valence-electron chi connectivity index (χ3n) is 2.50. The SMILES string of the molecule is Cl.O=C(OCC#Cc1ccccc1)C1CN=CNC1.